The molecule has 3 rings (SSSR count). The second-order valence-corrected chi connectivity index (χ2v) is 8.48. The fourth-order valence-electron chi connectivity index (χ4n) is 3.00. The van der Waals surface area contributed by atoms with Crippen LogP contribution >= 0.6 is 11.8 Å². The molecule has 3 aromatic rings. The van der Waals surface area contributed by atoms with E-state index < -0.39 is 0 Å². The van der Waals surface area contributed by atoms with Gasteiger partial charge in [0.25, 0.3) is 0 Å². The maximum Gasteiger partial charge on any atom is 0.233 e. The van der Waals surface area contributed by atoms with Gasteiger partial charge in [0.1, 0.15) is 0 Å². The van der Waals surface area contributed by atoms with Crippen LogP contribution in [0.15, 0.2) is 53.7 Å². The van der Waals surface area contributed by atoms with Gasteiger partial charge in [0.2, 0.25) is 5.91 Å². The molecule has 0 bridgehead atoms. The molecule has 0 saturated carbocycles. The average molecular weight is 425 g/mol. The van der Waals surface area contributed by atoms with Crippen molar-refractivity contribution in [1.29, 1.82) is 0 Å². The second kappa shape index (κ2) is 10.4. The third-order valence-corrected chi connectivity index (χ3v) is 5.93. The lowest BCUT2D eigenvalue weighted by Gasteiger charge is -2.15. The van der Waals surface area contributed by atoms with Crippen molar-refractivity contribution in [2.75, 3.05) is 20.3 Å². The first kappa shape index (κ1) is 22.1. The highest BCUT2D eigenvalue weighted by molar-refractivity contribution is 8.00. The molecule has 0 spiro atoms. The number of carbonyl (C=O) groups excluding carboxylic acids is 1. The van der Waals surface area contributed by atoms with E-state index in [1.807, 2.05) is 41.8 Å². The van der Waals surface area contributed by atoms with Crippen molar-refractivity contribution in [2.24, 2.45) is 0 Å². The van der Waals surface area contributed by atoms with Gasteiger partial charge in [0.05, 0.1) is 10.9 Å². The maximum absolute atomic E-state index is 12.5. The Kier molecular flexibility index (Phi) is 7.65. The topological polar surface area (TPSA) is 69.0 Å². The summed E-state index contributed by atoms with van der Waals surface area (Å²) in [6.45, 7) is 7.29. The van der Waals surface area contributed by atoms with E-state index >= 15 is 0 Å². The molecule has 1 heterocycles. The number of aryl methyl sites for hydroxylation is 2. The molecule has 1 N–H and O–H groups in total. The number of thioether (sulfide) groups is 1. The van der Waals surface area contributed by atoms with Gasteiger partial charge in [0.15, 0.2) is 11.0 Å². The summed E-state index contributed by atoms with van der Waals surface area (Å²) >= 11 is 1.41. The zero-order valence-electron chi connectivity index (χ0n) is 17.9. The molecule has 7 heteroatoms. The first-order valence-electron chi connectivity index (χ1n) is 10.0. The third kappa shape index (κ3) is 5.29. The monoisotopic (exact) mass is 424 g/mol. The minimum atomic E-state index is -0.300. The van der Waals surface area contributed by atoms with Gasteiger partial charge in [-0.15, -0.1) is 10.2 Å². The summed E-state index contributed by atoms with van der Waals surface area (Å²) in [6, 6.07) is 16.3. The fourth-order valence-corrected chi connectivity index (χ4v) is 3.89. The number of rotatable bonds is 9. The van der Waals surface area contributed by atoms with Gasteiger partial charge >= 0.3 is 0 Å². The minimum absolute atomic E-state index is 0.0213. The van der Waals surface area contributed by atoms with Crippen LogP contribution in [0.4, 0.5) is 0 Å². The van der Waals surface area contributed by atoms with E-state index in [1.54, 1.807) is 7.11 Å². The number of amides is 1. The summed E-state index contributed by atoms with van der Waals surface area (Å²) in [6.07, 6.45) is 0.788. The summed E-state index contributed by atoms with van der Waals surface area (Å²) in [4.78, 5) is 12.5. The molecule has 1 unspecified atom stereocenters. The van der Waals surface area contributed by atoms with Gasteiger partial charge in [-0.05, 0) is 50.5 Å². The van der Waals surface area contributed by atoms with Crippen LogP contribution in [0.1, 0.15) is 24.5 Å². The first-order valence-corrected chi connectivity index (χ1v) is 10.9. The number of benzene rings is 2. The quantitative estimate of drug-likeness (QED) is 0.412. The molecule has 0 aliphatic rings. The minimum Gasteiger partial charge on any atom is -0.385 e. The summed E-state index contributed by atoms with van der Waals surface area (Å²) in [5.41, 5.74) is 4.38. The first-order chi connectivity index (χ1) is 14.5. The summed E-state index contributed by atoms with van der Waals surface area (Å²) in [5.74, 6) is 0.737. The van der Waals surface area contributed by atoms with E-state index in [9.17, 15) is 4.79 Å². The number of ether oxygens (including phenoxy) is 1. The molecule has 0 fully saturated rings. The van der Waals surface area contributed by atoms with Crippen LogP contribution in [0.5, 0.6) is 0 Å². The number of aromatic nitrogens is 3. The van der Waals surface area contributed by atoms with Crippen molar-refractivity contribution in [2.45, 2.75) is 37.6 Å². The highest BCUT2D eigenvalue weighted by Crippen LogP contribution is 2.30. The molecule has 158 valence electrons. The number of hydrogen-bond donors (Lipinski definition) is 1. The Balaban J connectivity index is 1.90. The van der Waals surface area contributed by atoms with E-state index in [0.29, 0.717) is 18.3 Å². The van der Waals surface area contributed by atoms with Gasteiger partial charge < -0.3 is 10.1 Å². The van der Waals surface area contributed by atoms with Crippen LogP contribution in [-0.4, -0.2) is 46.2 Å². The Bertz CT molecular complexity index is 988. The van der Waals surface area contributed by atoms with Crippen LogP contribution in [0.25, 0.3) is 17.1 Å². The Labute approximate surface area is 182 Å². The van der Waals surface area contributed by atoms with Gasteiger partial charge in [0, 0.05) is 25.8 Å². The Morgan fingerprint density at radius 3 is 2.60 bits per heavy atom. The molecule has 6 nitrogen and oxygen atoms in total. The number of carbonyl (C=O) groups is 1. The van der Waals surface area contributed by atoms with E-state index in [2.05, 4.69) is 47.6 Å². The van der Waals surface area contributed by atoms with Crippen LogP contribution in [0, 0.1) is 13.8 Å². The maximum atomic E-state index is 12.5. The second-order valence-electron chi connectivity index (χ2n) is 7.17. The number of methoxy groups -OCH3 is 1. The van der Waals surface area contributed by atoms with E-state index in [4.69, 9.17) is 4.74 Å². The molecule has 1 amide bonds. The van der Waals surface area contributed by atoms with E-state index in [1.165, 1.54) is 22.9 Å². The third-order valence-electron chi connectivity index (χ3n) is 4.89. The predicted molar refractivity (Wildman–Crippen MR) is 121 cm³/mol. The van der Waals surface area contributed by atoms with Gasteiger partial charge in [-0.25, -0.2) is 0 Å². The largest absolute Gasteiger partial charge is 0.385 e. The lowest BCUT2D eigenvalue weighted by Crippen LogP contribution is -2.32. The van der Waals surface area contributed by atoms with Crippen molar-refractivity contribution in [3.8, 4) is 17.1 Å². The SMILES string of the molecule is COCCCNC(=O)C(C)Sc1nnc(-c2ccccc2)n1-c1ccc(C)c(C)c1. The van der Waals surface area contributed by atoms with Crippen molar-refractivity contribution < 1.29 is 9.53 Å². The van der Waals surface area contributed by atoms with Crippen LogP contribution < -0.4 is 5.32 Å². The molecular formula is C23H28N4O2S. The van der Waals surface area contributed by atoms with Crippen molar-refractivity contribution in [3.05, 3.63) is 59.7 Å². The zero-order chi connectivity index (χ0) is 21.5. The molecule has 1 atom stereocenters. The summed E-state index contributed by atoms with van der Waals surface area (Å²) < 4.78 is 7.06. The molecular weight excluding hydrogens is 396 g/mol. The molecule has 0 aliphatic heterocycles. The fraction of sp³-hybridized carbons (Fsp3) is 0.348. The smallest absolute Gasteiger partial charge is 0.233 e. The van der Waals surface area contributed by atoms with Gasteiger partial charge in [-0.2, -0.15) is 0 Å². The highest BCUT2D eigenvalue weighted by atomic mass is 32.2. The molecule has 0 radical (unpaired) electrons. The van der Waals surface area contributed by atoms with Gasteiger partial charge in [-0.1, -0.05) is 48.2 Å². The van der Waals surface area contributed by atoms with Crippen molar-refractivity contribution >= 4 is 17.7 Å². The van der Waals surface area contributed by atoms with Crippen molar-refractivity contribution in [1.82, 2.24) is 20.1 Å². The highest BCUT2D eigenvalue weighted by Gasteiger charge is 2.21. The lowest BCUT2D eigenvalue weighted by molar-refractivity contribution is -0.120. The van der Waals surface area contributed by atoms with Crippen LogP contribution in [0.2, 0.25) is 0 Å². The molecule has 1 aromatic heterocycles. The molecule has 0 aliphatic carbocycles. The molecule has 2 aromatic carbocycles. The number of nitrogens with one attached hydrogen (secondary N) is 1. The molecule has 30 heavy (non-hydrogen) atoms. The van der Waals surface area contributed by atoms with E-state index in [0.717, 1.165) is 23.5 Å². The predicted octanol–water partition coefficient (Wildman–Crippen LogP) is 4.18. The Morgan fingerprint density at radius 1 is 1.13 bits per heavy atom. The van der Waals surface area contributed by atoms with E-state index in [-0.39, 0.29) is 11.2 Å². The standard InChI is InChI=1S/C23H28N4O2S/c1-16-11-12-20(15-17(16)2)27-21(19-9-6-5-7-10-19)25-26-23(27)30-18(3)22(28)24-13-8-14-29-4/h5-7,9-12,15,18H,8,13-14H2,1-4H3,(H,24,28). The summed E-state index contributed by atoms with van der Waals surface area (Å²) in [5, 5.41) is 12.2. The zero-order valence-corrected chi connectivity index (χ0v) is 18.7. The Hall–Kier alpha value is -2.64. The van der Waals surface area contributed by atoms with Crippen LogP contribution in [-0.2, 0) is 9.53 Å². The average Bonchev–Trinajstić information content (AvgIpc) is 3.17. The number of hydrogen-bond acceptors (Lipinski definition) is 5. The van der Waals surface area contributed by atoms with Crippen LogP contribution in [0.3, 0.4) is 0 Å². The summed E-state index contributed by atoms with van der Waals surface area (Å²) in [7, 11) is 1.66. The Morgan fingerprint density at radius 2 is 1.90 bits per heavy atom. The molecule has 0 saturated heterocycles. The lowest BCUT2D eigenvalue weighted by atomic mass is 10.1. The van der Waals surface area contributed by atoms with Gasteiger partial charge in [-0.3, -0.25) is 9.36 Å². The normalized spacial score (nSPS) is 12.0. The number of nitrogens with zero attached hydrogens (tertiary/aromatic N) is 3. The van der Waals surface area contributed by atoms with Crippen molar-refractivity contribution in [3.63, 3.8) is 0 Å².